The fourth-order valence-electron chi connectivity index (χ4n) is 0.510. The number of aliphatic hydroxyl groups excluding tert-OH is 3. The first-order chi connectivity index (χ1) is 6.93. The van der Waals surface area contributed by atoms with Crippen LogP contribution in [-0.4, -0.2) is 36.6 Å². The predicted octanol–water partition coefficient (Wildman–Crippen LogP) is 1.05. The van der Waals surface area contributed by atoms with Crippen molar-refractivity contribution in [3.05, 3.63) is 35.9 Å². The molecule has 1 aromatic rings. The molecule has 0 saturated carbocycles. The van der Waals surface area contributed by atoms with Gasteiger partial charge in [-0.15, -0.1) is 17.2 Å². The number of hydrogen-bond acceptors (Lipinski definition) is 3. The van der Waals surface area contributed by atoms with Crippen LogP contribution in [0.2, 0.25) is 0 Å². The number of rotatable bonds is 1. The second-order valence-electron chi connectivity index (χ2n) is 1.54. The quantitative estimate of drug-likeness (QED) is 0.406. The molecule has 0 aliphatic rings. The topological polar surface area (TPSA) is 60.7 Å². The van der Waals surface area contributed by atoms with E-state index in [9.17, 15) is 0 Å². The largest absolute Gasteiger partial charge is 0.400 e. The van der Waals surface area contributed by atoms with Crippen molar-refractivity contribution in [3.63, 3.8) is 0 Å². The summed E-state index contributed by atoms with van der Waals surface area (Å²) in [5.41, 5.74) is 1.14. The van der Waals surface area contributed by atoms with Crippen molar-refractivity contribution in [1.82, 2.24) is 0 Å². The zero-order chi connectivity index (χ0) is 11.8. The molecule has 0 atom stereocenters. The molecule has 1 aromatic carbocycles. The van der Waals surface area contributed by atoms with Gasteiger partial charge < -0.3 is 15.3 Å². The average Bonchev–Trinajstić information content (AvgIpc) is 2.37. The van der Waals surface area contributed by atoms with Crippen molar-refractivity contribution in [2.45, 2.75) is 5.88 Å². The SMILES string of the molecule is CO.CO.CO.ClCc1cc[c-]cc1.[Ti]. The van der Waals surface area contributed by atoms with E-state index in [0.29, 0.717) is 5.88 Å². The molecular formula is C10H18ClO3Ti-. The molecule has 0 heterocycles. The van der Waals surface area contributed by atoms with Crippen molar-refractivity contribution in [3.8, 4) is 0 Å². The van der Waals surface area contributed by atoms with E-state index >= 15 is 0 Å². The molecule has 0 radical (unpaired) electrons. The van der Waals surface area contributed by atoms with Gasteiger partial charge in [0.2, 0.25) is 0 Å². The van der Waals surface area contributed by atoms with E-state index in [0.717, 1.165) is 26.9 Å². The maximum Gasteiger partial charge on any atom is 0.0319 e. The smallest absolute Gasteiger partial charge is 0.0319 e. The third kappa shape index (κ3) is 20.2. The van der Waals surface area contributed by atoms with Gasteiger partial charge in [0, 0.05) is 48.9 Å². The molecule has 0 bridgehead atoms. The maximum absolute atomic E-state index is 7.00. The average molecular weight is 270 g/mol. The molecular weight excluding hydrogens is 251 g/mol. The standard InChI is InChI=1S/C7H6Cl.3CH4O.Ti/c8-6-7-4-2-1-3-5-7;3*1-2;/h2-5H,6H2;3*2H,1H3;/q-1;;;;. The van der Waals surface area contributed by atoms with Crippen LogP contribution in [0.4, 0.5) is 0 Å². The van der Waals surface area contributed by atoms with Crippen molar-refractivity contribution in [1.29, 1.82) is 0 Å². The van der Waals surface area contributed by atoms with Crippen LogP contribution in [0.15, 0.2) is 24.3 Å². The number of halogens is 1. The summed E-state index contributed by atoms with van der Waals surface area (Å²) in [5, 5.41) is 21.0. The van der Waals surface area contributed by atoms with Crippen LogP contribution in [0, 0.1) is 6.07 Å². The summed E-state index contributed by atoms with van der Waals surface area (Å²) in [4.78, 5) is 0. The Morgan fingerprint density at radius 3 is 1.53 bits per heavy atom. The van der Waals surface area contributed by atoms with Gasteiger partial charge in [0.05, 0.1) is 0 Å². The Balaban J connectivity index is -0.0000000755. The zero-order valence-electron chi connectivity index (χ0n) is 9.24. The van der Waals surface area contributed by atoms with Crippen molar-refractivity contribution in [2.75, 3.05) is 21.3 Å². The number of hydrogen-bond donors (Lipinski definition) is 3. The first-order valence-electron chi connectivity index (χ1n) is 3.78. The second kappa shape index (κ2) is 29.2. The third-order valence-electron chi connectivity index (χ3n) is 0.942. The third-order valence-corrected chi connectivity index (χ3v) is 1.25. The van der Waals surface area contributed by atoms with Gasteiger partial charge in [-0.3, -0.25) is 0 Å². The van der Waals surface area contributed by atoms with Gasteiger partial charge in [-0.25, -0.2) is 0 Å². The Labute approximate surface area is 112 Å². The molecule has 0 aromatic heterocycles. The molecule has 0 unspecified atom stereocenters. The molecule has 0 amide bonds. The summed E-state index contributed by atoms with van der Waals surface area (Å²) in [6.45, 7) is 0. The number of aliphatic hydroxyl groups is 3. The Kier molecular flexibility index (Phi) is 47.5. The molecule has 0 fully saturated rings. The van der Waals surface area contributed by atoms with E-state index in [-0.39, 0.29) is 21.7 Å². The minimum absolute atomic E-state index is 0. The number of benzene rings is 1. The summed E-state index contributed by atoms with van der Waals surface area (Å²) in [6, 6.07) is 10.5. The van der Waals surface area contributed by atoms with Crippen LogP contribution in [0.1, 0.15) is 5.56 Å². The van der Waals surface area contributed by atoms with Crippen LogP contribution in [-0.2, 0) is 27.6 Å². The van der Waals surface area contributed by atoms with Crippen LogP contribution < -0.4 is 0 Å². The predicted molar refractivity (Wildman–Crippen MR) is 59.3 cm³/mol. The molecule has 0 spiro atoms. The van der Waals surface area contributed by atoms with Crippen LogP contribution in [0.5, 0.6) is 0 Å². The normalized spacial score (nSPS) is 6.07. The minimum Gasteiger partial charge on any atom is -0.400 e. The van der Waals surface area contributed by atoms with Crippen LogP contribution in [0.3, 0.4) is 0 Å². The van der Waals surface area contributed by atoms with Gasteiger partial charge in [-0.2, -0.15) is 30.3 Å². The Bertz CT molecular complexity index is 162. The van der Waals surface area contributed by atoms with E-state index in [2.05, 4.69) is 6.07 Å². The molecule has 1 rings (SSSR count). The fraction of sp³-hybridized carbons (Fsp3) is 0.400. The van der Waals surface area contributed by atoms with Gasteiger partial charge in [0.15, 0.2) is 0 Å². The van der Waals surface area contributed by atoms with Gasteiger partial charge in [-0.1, -0.05) is 0 Å². The van der Waals surface area contributed by atoms with E-state index in [1.807, 2.05) is 24.3 Å². The van der Waals surface area contributed by atoms with Crippen molar-refractivity contribution >= 4 is 11.6 Å². The molecule has 3 N–H and O–H groups in total. The van der Waals surface area contributed by atoms with Gasteiger partial charge in [0.25, 0.3) is 0 Å². The van der Waals surface area contributed by atoms with Gasteiger partial charge in [-0.05, 0) is 0 Å². The summed E-state index contributed by atoms with van der Waals surface area (Å²) < 4.78 is 0. The second-order valence-corrected chi connectivity index (χ2v) is 1.81. The molecule has 88 valence electrons. The van der Waals surface area contributed by atoms with E-state index in [1.165, 1.54) is 0 Å². The van der Waals surface area contributed by atoms with E-state index in [1.54, 1.807) is 0 Å². The van der Waals surface area contributed by atoms with Crippen molar-refractivity contribution in [2.24, 2.45) is 0 Å². The van der Waals surface area contributed by atoms with Crippen LogP contribution >= 0.6 is 11.6 Å². The van der Waals surface area contributed by atoms with Gasteiger partial charge >= 0.3 is 0 Å². The number of alkyl halides is 1. The first kappa shape index (κ1) is 24.4. The van der Waals surface area contributed by atoms with Crippen LogP contribution in [0.25, 0.3) is 0 Å². The minimum atomic E-state index is 0. The van der Waals surface area contributed by atoms with E-state index < -0.39 is 0 Å². The summed E-state index contributed by atoms with van der Waals surface area (Å²) in [5.74, 6) is 0.592. The summed E-state index contributed by atoms with van der Waals surface area (Å²) in [6.07, 6.45) is 0. The molecule has 0 aliphatic carbocycles. The maximum atomic E-state index is 7.00. The van der Waals surface area contributed by atoms with Gasteiger partial charge in [0.1, 0.15) is 0 Å². The Morgan fingerprint density at radius 2 is 1.33 bits per heavy atom. The molecule has 0 saturated heterocycles. The molecule has 15 heavy (non-hydrogen) atoms. The summed E-state index contributed by atoms with van der Waals surface area (Å²) >= 11 is 5.51. The Morgan fingerprint density at radius 1 is 1.00 bits per heavy atom. The summed E-state index contributed by atoms with van der Waals surface area (Å²) in [7, 11) is 3.00. The molecule has 5 heteroatoms. The monoisotopic (exact) mass is 269 g/mol. The fourth-order valence-corrected chi connectivity index (χ4v) is 0.689. The van der Waals surface area contributed by atoms with Crippen molar-refractivity contribution < 1.29 is 37.0 Å². The zero-order valence-corrected chi connectivity index (χ0v) is 11.6. The molecule has 0 aliphatic heterocycles. The Hall–Kier alpha value is 0.104. The molecule has 3 nitrogen and oxygen atoms in total. The van der Waals surface area contributed by atoms with E-state index in [4.69, 9.17) is 26.9 Å². The first-order valence-corrected chi connectivity index (χ1v) is 4.32.